The molecule has 0 spiro atoms. The summed E-state index contributed by atoms with van der Waals surface area (Å²) in [5, 5.41) is 2.63. The molecule has 0 amide bonds. The van der Waals surface area contributed by atoms with Crippen molar-refractivity contribution in [3.8, 4) is 33.5 Å². The highest BCUT2D eigenvalue weighted by molar-refractivity contribution is 6.31. The highest BCUT2D eigenvalue weighted by Crippen LogP contribution is 2.43. The van der Waals surface area contributed by atoms with Gasteiger partial charge in [0.15, 0.2) is 0 Å². The van der Waals surface area contributed by atoms with E-state index in [0.29, 0.717) is 21.1 Å². The Hall–Kier alpha value is -3.27. The van der Waals surface area contributed by atoms with Gasteiger partial charge in [0, 0.05) is 26.6 Å². The lowest BCUT2D eigenvalue weighted by Gasteiger charge is -2.18. The van der Waals surface area contributed by atoms with E-state index in [9.17, 15) is 4.79 Å². The smallest absolute Gasteiger partial charge is 0.291 e. The summed E-state index contributed by atoms with van der Waals surface area (Å²) < 4.78 is 1.34. The third-order valence-corrected chi connectivity index (χ3v) is 5.88. The van der Waals surface area contributed by atoms with E-state index in [2.05, 4.69) is 0 Å². The second-order valence-corrected chi connectivity index (χ2v) is 8.11. The zero-order chi connectivity index (χ0) is 21.5. The van der Waals surface area contributed by atoms with Crippen LogP contribution >= 0.6 is 23.2 Å². The van der Waals surface area contributed by atoms with Gasteiger partial charge in [0.25, 0.3) is 5.56 Å². The van der Waals surface area contributed by atoms with Crippen LogP contribution in [0.15, 0.2) is 89.7 Å². The second-order valence-electron chi connectivity index (χ2n) is 7.24. The van der Waals surface area contributed by atoms with Gasteiger partial charge in [0.1, 0.15) is 7.11 Å². The second kappa shape index (κ2) is 7.77. The molecule has 152 valence electrons. The molecule has 0 aliphatic heterocycles. The highest BCUT2D eigenvalue weighted by atomic mass is 35.5. The van der Waals surface area contributed by atoms with Crippen LogP contribution in [-0.4, -0.2) is 11.8 Å². The molecular formula is C26H17Cl2NO2. The maximum Gasteiger partial charge on any atom is 0.291 e. The van der Waals surface area contributed by atoms with Crippen molar-refractivity contribution < 1.29 is 4.84 Å². The molecule has 31 heavy (non-hydrogen) atoms. The minimum Gasteiger partial charge on any atom is -0.413 e. The number of hydrogen-bond donors (Lipinski definition) is 0. The summed E-state index contributed by atoms with van der Waals surface area (Å²) >= 11 is 12.7. The summed E-state index contributed by atoms with van der Waals surface area (Å²) in [4.78, 5) is 19.1. The first kappa shape index (κ1) is 19.7. The van der Waals surface area contributed by atoms with E-state index < -0.39 is 0 Å². The SMILES string of the molecule is COn1c(-c2cccc(Cl)c2)c(-c2cccc(Cl)c2)c2c3cccccc-3cc2c1=O. The third-order valence-electron chi connectivity index (χ3n) is 5.41. The largest absolute Gasteiger partial charge is 0.413 e. The molecule has 0 bridgehead atoms. The van der Waals surface area contributed by atoms with Crippen LogP contribution in [0.4, 0.5) is 0 Å². The van der Waals surface area contributed by atoms with Gasteiger partial charge in [-0.3, -0.25) is 4.79 Å². The van der Waals surface area contributed by atoms with Gasteiger partial charge in [-0.05, 0) is 47.0 Å². The molecule has 0 atom stereocenters. The topological polar surface area (TPSA) is 31.2 Å². The van der Waals surface area contributed by atoms with Gasteiger partial charge in [0.2, 0.25) is 0 Å². The quantitative estimate of drug-likeness (QED) is 0.305. The molecule has 0 saturated carbocycles. The predicted molar refractivity (Wildman–Crippen MR) is 128 cm³/mol. The summed E-state index contributed by atoms with van der Waals surface area (Å²) in [7, 11) is 1.49. The molecule has 0 fully saturated rings. The molecule has 3 nitrogen and oxygen atoms in total. The van der Waals surface area contributed by atoms with Crippen molar-refractivity contribution in [3.05, 3.63) is 105 Å². The molecule has 5 heteroatoms. The Morgan fingerprint density at radius 2 is 1.39 bits per heavy atom. The monoisotopic (exact) mass is 445 g/mol. The zero-order valence-electron chi connectivity index (χ0n) is 16.6. The normalized spacial score (nSPS) is 11.2. The molecule has 2 aliphatic carbocycles. The Bertz CT molecular complexity index is 1470. The van der Waals surface area contributed by atoms with Crippen LogP contribution in [-0.2, 0) is 0 Å². The number of hydrogen-bond acceptors (Lipinski definition) is 2. The number of benzene rings is 2. The van der Waals surface area contributed by atoms with Crippen LogP contribution in [0.25, 0.3) is 44.3 Å². The molecule has 5 rings (SSSR count). The van der Waals surface area contributed by atoms with Crippen molar-refractivity contribution in [1.29, 1.82) is 0 Å². The molecule has 1 aromatic heterocycles. The summed E-state index contributed by atoms with van der Waals surface area (Å²) in [5.41, 5.74) is 4.89. The first-order valence-electron chi connectivity index (χ1n) is 9.75. The Labute approximate surface area is 189 Å². The number of halogens is 2. The van der Waals surface area contributed by atoms with Gasteiger partial charge in [0.05, 0.1) is 11.1 Å². The molecule has 0 saturated heterocycles. The van der Waals surface area contributed by atoms with E-state index in [0.717, 1.165) is 33.2 Å². The van der Waals surface area contributed by atoms with E-state index in [-0.39, 0.29) is 5.56 Å². The lowest BCUT2D eigenvalue weighted by Crippen LogP contribution is -2.27. The number of rotatable bonds is 3. The van der Waals surface area contributed by atoms with E-state index in [1.165, 1.54) is 11.8 Å². The van der Waals surface area contributed by atoms with Crippen LogP contribution in [0.3, 0.4) is 0 Å². The van der Waals surface area contributed by atoms with Crippen molar-refractivity contribution in [2.75, 3.05) is 7.11 Å². The number of fused-ring (bicyclic) bond motifs is 3. The van der Waals surface area contributed by atoms with Crippen molar-refractivity contribution in [2.45, 2.75) is 0 Å². The molecule has 2 aromatic carbocycles. The maximum atomic E-state index is 13.5. The fourth-order valence-corrected chi connectivity index (χ4v) is 4.53. The number of pyridine rings is 1. The predicted octanol–water partition coefficient (Wildman–Crippen LogP) is 6.81. The molecule has 3 aromatic rings. The first-order chi connectivity index (χ1) is 15.1. The van der Waals surface area contributed by atoms with Crippen LogP contribution in [0.2, 0.25) is 10.0 Å². The summed E-state index contributed by atoms with van der Waals surface area (Å²) in [6.45, 7) is 0. The number of nitrogens with zero attached hydrogens (tertiary/aromatic N) is 1. The summed E-state index contributed by atoms with van der Waals surface area (Å²) in [5.74, 6) is 0. The Balaban J connectivity index is 2.06. The fourth-order valence-electron chi connectivity index (χ4n) is 4.15. The summed E-state index contributed by atoms with van der Waals surface area (Å²) in [6, 6.07) is 26.9. The minimum atomic E-state index is -0.225. The van der Waals surface area contributed by atoms with Gasteiger partial charge >= 0.3 is 0 Å². The average Bonchev–Trinajstić information content (AvgIpc) is 2.96. The average molecular weight is 446 g/mol. The van der Waals surface area contributed by atoms with Gasteiger partial charge < -0.3 is 4.84 Å². The van der Waals surface area contributed by atoms with Gasteiger partial charge in [-0.1, -0.05) is 77.8 Å². The van der Waals surface area contributed by atoms with Gasteiger partial charge in [-0.15, -0.1) is 4.73 Å². The summed E-state index contributed by atoms with van der Waals surface area (Å²) in [6.07, 6.45) is 0. The van der Waals surface area contributed by atoms with Crippen LogP contribution in [0.5, 0.6) is 0 Å². The lowest BCUT2D eigenvalue weighted by atomic mass is 9.94. The number of aromatic nitrogens is 1. The van der Waals surface area contributed by atoms with E-state index in [1.807, 2.05) is 78.9 Å². The minimum absolute atomic E-state index is 0.225. The van der Waals surface area contributed by atoms with E-state index in [1.54, 1.807) is 6.07 Å². The van der Waals surface area contributed by atoms with Crippen molar-refractivity contribution >= 4 is 34.0 Å². The van der Waals surface area contributed by atoms with Crippen molar-refractivity contribution in [3.63, 3.8) is 0 Å². The maximum absolute atomic E-state index is 13.5. The lowest BCUT2D eigenvalue weighted by molar-refractivity contribution is 0.163. The molecule has 0 unspecified atom stereocenters. The zero-order valence-corrected chi connectivity index (χ0v) is 18.1. The molecule has 0 N–H and O–H groups in total. The Morgan fingerprint density at radius 1 is 0.742 bits per heavy atom. The molecular weight excluding hydrogens is 429 g/mol. The van der Waals surface area contributed by atoms with Gasteiger partial charge in [-0.2, -0.15) is 0 Å². The van der Waals surface area contributed by atoms with Crippen LogP contribution in [0.1, 0.15) is 0 Å². The molecule has 1 heterocycles. The Morgan fingerprint density at radius 3 is 2.10 bits per heavy atom. The van der Waals surface area contributed by atoms with E-state index >= 15 is 0 Å². The van der Waals surface area contributed by atoms with Crippen molar-refractivity contribution in [2.24, 2.45) is 0 Å². The fraction of sp³-hybridized carbons (Fsp3) is 0.0385. The third kappa shape index (κ3) is 3.27. The molecule has 2 aliphatic rings. The standard InChI is InChI=1S/C26H17Cl2NO2/c1-31-29-25(18-9-6-11-20(28)14-18)23(17-8-5-10-19(27)13-17)24-21-12-4-2-3-7-16(21)15-22(24)26(29)30/h2-15H,1H3. The van der Waals surface area contributed by atoms with Crippen LogP contribution in [0, 0.1) is 0 Å². The molecule has 0 radical (unpaired) electrons. The van der Waals surface area contributed by atoms with Crippen LogP contribution < -0.4 is 10.4 Å². The van der Waals surface area contributed by atoms with Crippen molar-refractivity contribution in [1.82, 2.24) is 4.73 Å². The highest BCUT2D eigenvalue weighted by Gasteiger charge is 2.25. The van der Waals surface area contributed by atoms with Gasteiger partial charge in [-0.25, -0.2) is 0 Å². The van der Waals surface area contributed by atoms with E-state index in [4.69, 9.17) is 28.0 Å². The Kier molecular flexibility index (Phi) is 4.93. The first-order valence-corrected chi connectivity index (χ1v) is 10.5.